The zero-order valence-corrected chi connectivity index (χ0v) is 10.1. The van der Waals surface area contributed by atoms with Gasteiger partial charge in [0.25, 0.3) is 0 Å². The minimum atomic E-state index is 0.260. The molecule has 0 fully saturated rings. The van der Waals surface area contributed by atoms with Crippen molar-refractivity contribution in [1.29, 1.82) is 0 Å². The maximum Gasteiger partial charge on any atom is 0.222 e. The Kier molecular flexibility index (Phi) is 4.15. The van der Waals surface area contributed by atoms with Gasteiger partial charge in [0.2, 0.25) is 5.95 Å². The molecule has 0 spiro atoms. The molecule has 0 saturated heterocycles. The van der Waals surface area contributed by atoms with Gasteiger partial charge in [0.1, 0.15) is 5.02 Å². The van der Waals surface area contributed by atoms with Crippen LogP contribution in [0.3, 0.4) is 0 Å². The fraction of sp³-hybridized carbons (Fsp3) is 0.600. The standard InChI is InChI=1S/C10H17ClN4/c1-4-5-15(7(2)3)9-8(11)6-13-10(12)14-9/h6-7H,4-5H2,1-3H3,(H2,12,13,14). The summed E-state index contributed by atoms with van der Waals surface area (Å²) in [5.41, 5.74) is 5.55. The van der Waals surface area contributed by atoms with E-state index in [4.69, 9.17) is 17.3 Å². The van der Waals surface area contributed by atoms with Gasteiger partial charge in [-0.2, -0.15) is 4.98 Å². The number of nitrogen functional groups attached to an aromatic ring is 1. The Balaban J connectivity index is 3.04. The molecule has 1 aromatic heterocycles. The van der Waals surface area contributed by atoms with Crippen LogP contribution < -0.4 is 10.6 Å². The molecule has 0 radical (unpaired) electrons. The molecular weight excluding hydrogens is 212 g/mol. The lowest BCUT2D eigenvalue weighted by molar-refractivity contribution is 0.662. The van der Waals surface area contributed by atoms with E-state index in [2.05, 4.69) is 35.6 Å². The second kappa shape index (κ2) is 5.16. The fourth-order valence-corrected chi connectivity index (χ4v) is 1.62. The fourth-order valence-electron chi connectivity index (χ4n) is 1.42. The Morgan fingerprint density at radius 2 is 2.20 bits per heavy atom. The lowest BCUT2D eigenvalue weighted by atomic mass is 10.3. The van der Waals surface area contributed by atoms with Crippen LogP contribution in [-0.4, -0.2) is 22.6 Å². The molecule has 0 bridgehead atoms. The third kappa shape index (κ3) is 2.96. The van der Waals surface area contributed by atoms with Gasteiger partial charge in [-0.05, 0) is 20.3 Å². The van der Waals surface area contributed by atoms with E-state index < -0.39 is 0 Å². The van der Waals surface area contributed by atoms with Crippen LogP contribution >= 0.6 is 11.6 Å². The summed E-state index contributed by atoms with van der Waals surface area (Å²) in [6.45, 7) is 7.23. The van der Waals surface area contributed by atoms with Crippen molar-refractivity contribution in [1.82, 2.24) is 9.97 Å². The van der Waals surface area contributed by atoms with Gasteiger partial charge in [-0.1, -0.05) is 18.5 Å². The van der Waals surface area contributed by atoms with Gasteiger partial charge in [-0.15, -0.1) is 0 Å². The lowest BCUT2D eigenvalue weighted by Crippen LogP contribution is -2.32. The number of aromatic nitrogens is 2. The molecule has 4 nitrogen and oxygen atoms in total. The maximum atomic E-state index is 6.05. The van der Waals surface area contributed by atoms with Crippen LogP contribution in [-0.2, 0) is 0 Å². The van der Waals surface area contributed by atoms with Crippen molar-refractivity contribution in [2.75, 3.05) is 17.2 Å². The largest absolute Gasteiger partial charge is 0.368 e. The average molecular weight is 229 g/mol. The van der Waals surface area contributed by atoms with Crippen LogP contribution in [0.15, 0.2) is 6.20 Å². The molecule has 1 heterocycles. The molecule has 0 aliphatic rings. The first-order chi connectivity index (χ1) is 7.06. The Morgan fingerprint density at radius 3 is 2.73 bits per heavy atom. The van der Waals surface area contributed by atoms with Crippen LogP contribution in [0.2, 0.25) is 5.02 Å². The smallest absolute Gasteiger partial charge is 0.222 e. The van der Waals surface area contributed by atoms with Gasteiger partial charge in [0.15, 0.2) is 5.82 Å². The minimum Gasteiger partial charge on any atom is -0.368 e. The molecule has 0 aliphatic carbocycles. The van der Waals surface area contributed by atoms with Crippen LogP contribution in [0.4, 0.5) is 11.8 Å². The summed E-state index contributed by atoms with van der Waals surface area (Å²) in [5, 5.41) is 0.548. The van der Waals surface area contributed by atoms with Crippen LogP contribution in [0.5, 0.6) is 0 Å². The average Bonchev–Trinajstić information content (AvgIpc) is 2.18. The van der Waals surface area contributed by atoms with E-state index in [1.807, 2.05) is 0 Å². The molecule has 0 aromatic carbocycles. The van der Waals surface area contributed by atoms with Crippen molar-refractivity contribution in [2.24, 2.45) is 0 Å². The van der Waals surface area contributed by atoms with E-state index in [0.717, 1.165) is 18.8 Å². The van der Waals surface area contributed by atoms with E-state index >= 15 is 0 Å². The minimum absolute atomic E-state index is 0.260. The third-order valence-electron chi connectivity index (χ3n) is 2.10. The number of halogens is 1. The highest BCUT2D eigenvalue weighted by atomic mass is 35.5. The molecule has 84 valence electrons. The van der Waals surface area contributed by atoms with E-state index in [0.29, 0.717) is 11.1 Å². The lowest BCUT2D eigenvalue weighted by Gasteiger charge is -2.28. The molecule has 5 heteroatoms. The SMILES string of the molecule is CCCN(c1nc(N)ncc1Cl)C(C)C. The van der Waals surface area contributed by atoms with E-state index in [9.17, 15) is 0 Å². The van der Waals surface area contributed by atoms with Crippen LogP contribution in [0.1, 0.15) is 27.2 Å². The number of nitrogens with two attached hydrogens (primary N) is 1. The Morgan fingerprint density at radius 1 is 1.53 bits per heavy atom. The normalized spacial score (nSPS) is 10.7. The van der Waals surface area contributed by atoms with Gasteiger partial charge in [0, 0.05) is 12.6 Å². The highest BCUT2D eigenvalue weighted by Gasteiger charge is 2.15. The second-order valence-electron chi connectivity index (χ2n) is 3.69. The molecule has 0 amide bonds. The summed E-state index contributed by atoms with van der Waals surface area (Å²) in [5.74, 6) is 0.983. The molecule has 0 saturated carbocycles. The predicted octanol–water partition coefficient (Wildman–Crippen LogP) is 2.34. The number of rotatable bonds is 4. The summed E-state index contributed by atoms with van der Waals surface area (Å²) >= 11 is 6.05. The van der Waals surface area contributed by atoms with E-state index in [-0.39, 0.29) is 5.95 Å². The Bertz CT molecular complexity index is 327. The first-order valence-electron chi connectivity index (χ1n) is 5.11. The molecule has 2 N–H and O–H groups in total. The summed E-state index contributed by atoms with van der Waals surface area (Å²) in [6.07, 6.45) is 2.59. The van der Waals surface area contributed by atoms with Gasteiger partial charge >= 0.3 is 0 Å². The van der Waals surface area contributed by atoms with Crippen LogP contribution in [0.25, 0.3) is 0 Å². The topological polar surface area (TPSA) is 55.0 Å². The Labute approximate surface area is 95.5 Å². The van der Waals surface area contributed by atoms with Crippen molar-refractivity contribution in [3.63, 3.8) is 0 Å². The van der Waals surface area contributed by atoms with Gasteiger partial charge < -0.3 is 10.6 Å². The number of hydrogen-bond donors (Lipinski definition) is 1. The van der Waals surface area contributed by atoms with Crippen molar-refractivity contribution >= 4 is 23.4 Å². The summed E-state index contributed by atoms with van der Waals surface area (Å²) in [6, 6.07) is 0.344. The van der Waals surface area contributed by atoms with Gasteiger partial charge in [-0.3, -0.25) is 0 Å². The molecule has 1 rings (SSSR count). The monoisotopic (exact) mass is 228 g/mol. The number of anilines is 2. The van der Waals surface area contributed by atoms with Gasteiger partial charge in [0.05, 0.1) is 6.20 Å². The second-order valence-corrected chi connectivity index (χ2v) is 4.09. The predicted molar refractivity (Wildman–Crippen MR) is 64.2 cm³/mol. The molecule has 0 aliphatic heterocycles. The molecular formula is C10H17ClN4. The summed E-state index contributed by atoms with van der Waals surface area (Å²) in [7, 11) is 0. The van der Waals surface area contributed by atoms with E-state index in [1.54, 1.807) is 6.20 Å². The molecule has 15 heavy (non-hydrogen) atoms. The van der Waals surface area contributed by atoms with Crippen molar-refractivity contribution < 1.29 is 0 Å². The zero-order valence-electron chi connectivity index (χ0n) is 9.37. The number of nitrogens with zero attached hydrogens (tertiary/aromatic N) is 3. The molecule has 1 aromatic rings. The summed E-state index contributed by atoms with van der Waals surface area (Å²) < 4.78 is 0. The van der Waals surface area contributed by atoms with Gasteiger partial charge in [-0.25, -0.2) is 4.98 Å². The highest BCUT2D eigenvalue weighted by molar-refractivity contribution is 6.32. The maximum absolute atomic E-state index is 6.05. The number of hydrogen-bond acceptors (Lipinski definition) is 4. The third-order valence-corrected chi connectivity index (χ3v) is 2.37. The van der Waals surface area contributed by atoms with Crippen molar-refractivity contribution in [3.05, 3.63) is 11.2 Å². The first-order valence-corrected chi connectivity index (χ1v) is 5.48. The molecule has 0 atom stereocenters. The van der Waals surface area contributed by atoms with E-state index in [1.165, 1.54) is 0 Å². The Hall–Kier alpha value is -1.03. The van der Waals surface area contributed by atoms with Crippen LogP contribution in [0, 0.1) is 0 Å². The summed E-state index contributed by atoms with van der Waals surface area (Å²) in [4.78, 5) is 10.1. The van der Waals surface area contributed by atoms with Crippen molar-refractivity contribution in [3.8, 4) is 0 Å². The molecule has 0 unspecified atom stereocenters. The zero-order chi connectivity index (χ0) is 11.4. The highest BCUT2D eigenvalue weighted by Crippen LogP contribution is 2.24. The quantitative estimate of drug-likeness (QED) is 0.860. The first kappa shape index (κ1) is 12.0. The van der Waals surface area contributed by atoms with Crippen molar-refractivity contribution in [2.45, 2.75) is 33.2 Å².